The molecule has 1 saturated heterocycles. The van der Waals surface area contributed by atoms with E-state index in [1.54, 1.807) is 41.3 Å². The Bertz CT molecular complexity index is 957. The number of amides is 2. The number of rotatable bonds is 4. The molecule has 8 nitrogen and oxygen atoms in total. The molecule has 8 heteroatoms. The molecular formula is C24H29N3O5. The number of hydrogen-bond donors (Lipinski definition) is 3. The smallest absolute Gasteiger partial charge is 0.410 e. The van der Waals surface area contributed by atoms with Crippen molar-refractivity contribution < 1.29 is 24.5 Å². The van der Waals surface area contributed by atoms with Crippen LogP contribution >= 0.6 is 0 Å². The second-order valence-electron chi connectivity index (χ2n) is 8.71. The summed E-state index contributed by atoms with van der Waals surface area (Å²) in [5.41, 5.74) is 3.03. The second-order valence-corrected chi connectivity index (χ2v) is 8.71. The maximum absolute atomic E-state index is 12.8. The Labute approximate surface area is 187 Å². The Morgan fingerprint density at radius 1 is 0.969 bits per heavy atom. The summed E-state index contributed by atoms with van der Waals surface area (Å²) >= 11 is 0. The SMILES string of the molecule is CC(C)(C)OC(=O)N1CCC(C(=O)NN=C(c2ccccc2O)c2ccccc2O)CC1. The first-order valence-corrected chi connectivity index (χ1v) is 10.6. The first-order chi connectivity index (χ1) is 15.2. The van der Waals surface area contributed by atoms with Gasteiger partial charge in [-0.25, -0.2) is 10.2 Å². The van der Waals surface area contributed by atoms with Crippen molar-refractivity contribution >= 4 is 17.7 Å². The van der Waals surface area contributed by atoms with Crippen LogP contribution in [0.5, 0.6) is 11.5 Å². The molecule has 3 N–H and O–H groups in total. The van der Waals surface area contributed by atoms with Gasteiger partial charge in [0.15, 0.2) is 0 Å². The van der Waals surface area contributed by atoms with E-state index in [0.29, 0.717) is 37.1 Å². The lowest BCUT2D eigenvalue weighted by molar-refractivity contribution is -0.126. The van der Waals surface area contributed by atoms with E-state index in [1.165, 1.54) is 12.1 Å². The van der Waals surface area contributed by atoms with Crippen LogP contribution in [0.15, 0.2) is 53.6 Å². The third kappa shape index (κ3) is 5.78. The minimum atomic E-state index is -0.567. The molecule has 1 fully saturated rings. The summed E-state index contributed by atoms with van der Waals surface area (Å²) in [5, 5.41) is 24.8. The van der Waals surface area contributed by atoms with E-state index in [9.17, 15) is 19.8 Å². The average Bonchev–Trinajstić information content (AvgIpc) is 2.75. The van der Waals surface area contributed by atoms with Gasteiger partial charge in [-0.2, -0.15) is 5.10 Å². The van der Waals surface area contributed by atoms with Crippen molar-refractivity contribution in [1.82, 2.24) is 10.3 Å². The van der Waals surface area contributed by atoms with Gasteiger partial charge in [0.25, 0.3) is 0 Å². The Morgan fingerprint density at radius 3 is 1.94 bits per heavy atom. The third-order valence-electron chi connectivity index (χ3n) is 5.11. The number of hydrogen-bond acceptors (Lipinski definition) is 6. The summed E-state index contributed by atoms with van der Waals surface area (Å²) < 4.78 is 5.39. The van der Waals surface area contributed by atoms with Crippen LogP contribution in [-0.2, 0) is 9.53 Å². The Hall–Kier alpha value is -3.55. The predicted octanol–water partition coefficient (Wildman–Crippen LogP) is 3.61. The van der Waals surface area contributed by atoms with Gasteiger partial charge in [0.1, 0.15) is 22.8 Å². The lowest BCUT2D eigenvalue weighted by atomic mass is 9.96. The van der Waals surface area contributed by atoms with Crippen LogP contribution in [-0.4, -0.2) is 51.5 Å². The highest BCUT2D eigenvalue weighted by Crippen LogP contribution is 2.26. The number of nitrogens with one attached hydrogen (secondary N) is 1. The van der Waals surface area contributed by atoms with E-state index in [1.807, 2.05) is 20.8 Å². The quantitative estimate of drug-likeness (QED) is 0.498. The highest BCUT2D eigenvalue weighted by Gasteiger charge is 2.30. The van der Waals surface area contributed by atoms with Gasteiger partial charge in [0, 0.05) is 30.1 Å². The zero-order valence-corrected chi connectivity index (χ0v) is 18.5. The first-order valence-electron chi connectivity index (χ1n) is 10.6. The van der Waals surface area contributed by atoms with Gasteiger partial charge in [-0.05, 0) is 57.9 Å². The van der Waals surface area contributed by atoms with Gasteiger partial charge < -0.3 is 19.8 Å². The number of carbonyl (C=O) groups excluding carboxylic acids is 2. The molecule has 0 spiro atoms. The van der Waals surface area contributed by atoms with Crippen molar-refractivity contribution in [3.05, 3.63) is 59.7 Å². The number of phenols is 2. The van der Waals surface area contributed by atoms with E-state index in [-0.39, 0.29) is 35.1 Å². The fourth-order valence-corrected chi connectivity index (χ4v) is 3.47. The van der Waals surface area contributed by atoms with Gasteiger partial charge in [-0.3, -0.25) is 4.79 Å². The number of carbonyl (C=O) groups is 2. The zero-order chi connectivity index (χ0) is 23.3. The van der Waals surface area contributed by atoms with Gasteiger partial charge in [-0.1, -0.05) is 24.3 Å². The molecule has 2 aromatic carbocycles. The lowest BCUT2D eigenvalue weighted by Crippen LogP contribution is -2.44. The molecule has 1 aliphatic rings. The number of phenolic OH excluding ortho intramolecular Hbond substituents is 2. The highest BCUT2D eigenvalue weighted by atomic mass is 16.6. The van der Waals surface area contributed by atoms with Crippen LogP contribution < -0.4 is 5.43 Å². The third-order valence-corrected chi connectivity index (χ3v) is 5.11. The maximum atomic E-state index is 12.8. The molecule has 170 valence electrons. The Kier molecular flexibility index (Phi) is 7.02. The summed E-state index contributed by atoms with van der Waals surface area (Å²) in [6.07, 6.45) is 0.599. The van der Waals surface area contributed by atoms with Crippen molar-refractivity contribution in [3.63, 3.8) is 0 Å². The minimum Gasteiger partial charge on any atom is -0.507 e. The van der Waals surface area contributed by atoms with E-state index in [2.05, 4.69) is 10.5 Å². The molecule has 0 atom stereocenters. The number of nitrogens with zero attached hydrogens (tertiary/aromatic N) is 2. The normalized spacial score (nSPS) is 14.5. The van der Waals surface area contributed by atoms with Crippen LogP contribution in [0.2, 0.25) is 0 Å². The van der Waals surface area contributed by atoms with Crippen LogP contribution in [0.3, 0.4) is 0 Å². The molecule has 2 aromatic rings. The summed E-state index contributed by atoms with van der Waals surface area (Å²) in [7, 11) is 0. The topological polar surface area (TPSA) is 111 Å². The molecule has 0 radical (unpaired) electrons. The fourth-order valence-electron chi connectivity index (χ4n) is 3.47. The summed E-state index contributed by atoms with van der Waals surface area (Å²) in [4.78, 5) is 26.6. The minimum absolute atomic E-state index is 0.0191. The fraction of sp³-hybridized carbons (Fsp3) is 0.375. The highest BCUT2D eigenvalue weighted by molar-refractivity contribution is 6.16. The molecule has 2 amide bonds. The molecule has 0 bridgehead atoms. The number of hydrazone groups is 1. The Balaban J connectivity index is 1.71. The average molecular weight is 440 g/mol. The number of piperidine rings is 1. The van der Waals surface area contributed by atoms with Gasteiger partial charge >= 0.3 is 6.09 Å². The van der Waals surface area contributed by atoms with Crippen molar-refractivity contribution in [2.45, 2.75) is 39.2 Å². The maximum Gasteiger partial charge on any atom is 0.410 e. The van der Waals surface area contributed by atoms with E-state index < -0.39 is 5.60 Å². The van der Waals surface area contributed by atoms with Gasteiger partial charge in [0.2, 0.25) is 5.91 Å². The predicted molar refractivity (Wildman–Crippen MR) is 121 cm³/mol. The van der Waals surface area contributed by atoms with Crippen LogP contribution in [0.4, 0.5) is 4.79 Å². The molecule has 0 saturated carbocycles. The number of para-hydroxylation sites is 2. The van der Waals surface area contributed by atoms with E-state index >= 15 is 0 Å². The van der Waals surface area contributed by atoms with Crippen molar-refractivity contribution in [2.75, 3.05) is 13.1 Å². The number of aromatic hydroxyl groups is 2. The molecule has 0 unspecified atom stereocenters. The second kappa shape index (κ2) is 9.72. The first kappa shape index (κ1) is 23.1. The standard InChI is InChI=1S/C24H29N3O5/c1-24(2,3)32-23(31)27-14-12-16(13-15-27)22(30)26-25-21(17-8-4-6-10-19(17)28)18-9-5-7-11-20(18)29/h4-11,16,28-29H,12-15H2,1-3H3,(H,26,30). The zero-order valence-electron chi connectivity index (χ0n) is 18.5. The molecule has 1 heterocycles. The van der Waals surface area contributed by atoms with Crippen molar-refractivity contribution in [2.24, 2.45) is 11.0 Å². The van der Waals surface area contributed by atoms with E-state index in [0.717, 1.165) is 0 Å². The summed E-state index contributed by atoms with van der Waals surface area (Å²) in [5.74, 6) is -0.631. The van der Waals surface area contributed by atoms with Gasteiger partial charge in [0.05, 0.1) is 0 Å². The van der Waals surface area contributed by atoms with Crippen LogP contribution in [0.25, 0.3) is 0 Å². The van der Waals surface area contributed by atoms with E-state index in [4.69, 9.17) is 4.74 Å². The molecule has 0 aromatic heterocycles. The van der Waals surface area contributed by atoms with Crippen LogP contribution in [0, 0.1) is 5.92 Å². The summed E-state index contributed by atoms with van der Waals surface area (Å²) in [6.45, 7) is 6.28. The number of benzene rings is 2. The Morgan fingerprint density at radius 2 is 1.47 bits per heavy atom. The van der Waals surface area contributed by atoms with Crippen molar-refractivity contribution in [1.29, 1.82) is 0 Å². The van der Waals surface area contributed by atoms with Gasteiger partial charge in [-0.15, -0.1) is 0 Å². The summed E-state index contributed by atoms with van der Waals surface area (Å²) in [6, 6.07) is 13.2. The van der Waals surface area contributed by atoms with Crippen molar-refractivity contribution in [3.8, 4) is 11.5 Å². The van der Waals surface area contributed by atoms with Crippen LogP contribution in [0.1, 0.15) is 44.7 Å². The number of ether oxygens (including phenoxy) is 1. The molecule has 3 rings (SSSR count). The monoisotopic (exact) mass is 439 g/mol. The molecule has 1 aliphatic heterocycles. The lowest BCUT2D eigenvalue weighted by Gasteiger charge is -2.32. The molecule has 32 heavy (non-hydrogen) atoms. The largest absolute Gasteiger partial charge is 0.507 e. The number of likely N-dealkylation sites (tertiary alicyclic amines) is 1. The molecule has 0 aliphatic carbocycles. The molecular weight excluding hydrogens is 410 g/mol.